The van der Waals surface area contributed by atoms with Gasteiger partial charge in [0.1, 0.15) is 12.6 Å². The van der Waals surface area contributed by atoms with Gasteiger partial charge in [0, 0.05) is 29.6 Å². The SMILES string of the molecule is O=C(C1CCCCC1)N(CC(=O)N1CCCC[C@H]1c1nc(-c2ccc(Cl)cc2)no1)Cc1ccccc1. The summed E-state index contributed by atoms with van der Waals surface area (Å²) in [5.41, 5.74) is 1.83. The normalized spacial score (nSPS) is 18.5. The van der Waals surface area contributed by atoms with Crippen LogP contribution >= 0.6 is 11.6 Å². The molecule has 1 atom stereocenters. The largest absolute Gasteiger partial charge is 0.337 e. The van der Waals surface area contributed by atoms with Crippen molar-refractivity contribution < 1.29 is 14.1 Å². The average Bonchev–Trinajstić information content (AvgIpc) is 3.44. The number of hydrogen-bond donors (Lipinski definition) is 0. The van der Waals surface area contributed by atoms with Gasteiger partial charge in [-0.05, 0) is 61.9 Å². The number of likely N-dealkylation sites (tertiary alicyclic amines) is 1. The molecule has 2 aromatic carbocycles. The highest BCUT2D eigenvalue weighted by Gasteiger charge is 2.35. The van der Waals surface area contributed by atoms with E-state index in [-0.39, 0.29) is 30.3 Å². The van der Waals surface area contributed by atoms with E-state index < -0.39 is 0 Å². The molecule has 0 bridgehead atoms. The maximum absolute atomic E-state index is 13.7. The van der Waals surface area contributed by atoms with Crippen LogP contribution in [-0.4, -0.2) is 44.8 Å². The number of carbonyl (C=O) groups is 2. The molecule has 1 aromatic heterocycles. The van der Waals surface area contributed by atoms with E-state index in [1.165, 1.54) is 6.42 Å². The van der Waals surface area contributed by atoms with Gasteiger partial charge in [0.2, 0.25) is 23.5 Å². The van der Waals surface area contributed by atoms with Crippen LogP contribution in [-0.2, 0) is 16.1 Å². The summed E-state index contributed by atoms with van der Waals surface area (Å²) < 4.78 is 5.64. The van der Waals surface area contributed by atoms with Gasteiger partial charge in [-0.3, -0.25) is 9.59 Å². The fraction of sp³-hybridized carbons (Fsp3) is 0.448. The zero-order valence-corrected chi connectivity index (χ0v) is 21.8. The summed E-state index contributed by atoms with van der Waals surface area (Å²) in [4.78, 5) is 35.5. The summed E-state index contributed by atoms with van der Waals surface area (Å²) >= 11 is 6.01. The van der Waals surface area contributed by atoms with E-state index in [4.69, 9.17) is 16.1 Å². The van der Waals surface area contributed by atoms with Crippen LogP contribution < -0.4 is 0 Å². The zero-order valence-electron chi connectivity index (χ0n) is 21.0. The highest BCUT2D eigenvalue weighted by molar-refractivity contribution is 6.30. The van der Waals surface area contributed by atoms with E-state index in [2.05, 4.69) is 10.1 Å². The van der Waals surface area contributed by atoms with Crippen molar-refractivity contribution in [3.8, 4) is 11.4 Å². The Labute approximate surface area is 222 Å². The molecule has 2 fully saturated rings. The minimum atomic E-state index is -0.293. The van der Waals surface area contributed by atoms with Crippen molar-refractivity contribution in [3.05, 3.63) is 71.1 Å². The Morgan fingerprint density at radius 2 is 1.68 bits per heavy atom. The van der Waals surface area contributed by atoms with Gasteiger partial charge in [-0.25, -0.2) is 0 Å². The number of halogens is 1. The second-order valence-electron chi connectivity index (χ2n) is 10.1. The van der Waals surface area contributed by atoms with Crippen LogP contribution in [0.4, 0.5) is 0 Å². The molecule has 1 aliphatic heterocycles. The van der Waals surface area contributed by atoms with E-state index >= 15 is 0 Å². The first kappa shape index (κ1) is 25.5. The van der Waals surface area contributed by atoms with Crippen LogP contribution in [0, 0.1) is 5.92 Å². The molecule has 1 saturated carbocycles. The van der Waals surface area contributed by atoms with Crippen LogP contribution in [0.5, 0.6) is 0 Å². The first-order valence-electron chi connectivity index (χ1n) is 13.3. The second-order valence-corrected chi connectivity index (χ2v) is 10.5. The summed E-state index contributed by atoms with van der Waals surface area (Å²) in [5.74, 6) is 0.929. The molecular formula is C29H33ClN4O3. The second kappa shape index (κ2) is 11.9. The van der Waals surface area contributed by atoms with Gasteiger partial charge in [0.05, 0.1) is 0 Å². The van der Waals surface area contributed by atoms with Crippen LogP contribution in [0.1, 0.15) is 68.9 Å². The Morgan fingerprint density at radius 3 is 2.43 bits per heavy atom. The van der Waals surface area contributed by atoms with Gasteiger partial charge < -0.3 is 14.3 Å². The smallest absolute Gasteiger partial charge is 0.249 e. The molecule has 0 N–H and O–H groups in total. The molecule has 1 saturated heterocycles. The molecule has 194 valence electrons. The Bertz CT molecular complexity index is 1190. The molecule has 2 heterocycles. The Kier molecular flexibility index (Phi) is 8.19. The molecule has 0 unspecified atom stereocenters. The van der Waals surface area contributed by atoms with Gasteiger partial charge in [0.15, 0.2) is 0 Å². The van der Waals surface area contributed by atoms with E-state index in [0.29, 0.717) is 29.8 Å². The lowest BCUT2D eigenvalue weighted by molar-refractivity contribution is -0.146. The molecule has 2 amide bonds. The van der Waals surface area contributed by atoms with Crippen molar-refractivity contribution in [1.29, 1.82) is 0 Å². The fourth-order valence-corrected chi connectivity index (χ4v) is 5.58. The van der Waals surface area contributed by atoms with Crippen molar-refractivity contribution >= 4 is 23.4 Å². The number of rotatable bonds is 7. The zero-order chi connectivity index (χ0) is 25.6. The number of hydrogen-bond acceptors (Lipinski definition) is 5. The summed E-state index contributed by atoms with van der Waals surface area (Å²) in [7, 11) is 0. The number of aromatic nitrogens is 2. The van der Waals surface area contributed by atoms with Crippen LogP contribution in [0.15, 0.2) is 59.1 Å². The van der Waals surface area contributed by atoms with Crippen LogP contribution in [0.3, 0.4) is 0 Å². The van der Waals surface area contributed by atoms with Crippen LogP contribution in [0.25, 0.3) is 11.4 Å². The molecule has 0 spiro atoms. The summed E-state index contributed by atoms with van der Waals surface area (Å²) in [5, 5.41) is 4.80. The molecule has 1 aliphatic carbocycles. The van der Waals surface area contributed by atoms with Gasteiger partial charge in [0.25, 0.3) is 0 Å². The van der Waals surface area contributed by atoms with Crippen molar-refractivity contribution in [2.24, 2.45) is 5.92 Å². The van der Waals surface area contributed by atoms with E-state index in [1.807, 2.05) is 47.4 Å². The Morgan fingerprint density at radius 1 is 0.946 bits per heavy atom. The van der Waals surface area contributed by atoms with Gasteiger partial charge in [-0.1, -0.05) is 66.4 Å². The lowest BCUT2D eigenvalue weighted by Crippen LogP contribution is -2.47. The number of amides is 2. The molecule has 2 aliphatic rings. The van der Waals surface area contributed by atoms with E-state index in [9.17, 15) is 9.59 Å². The van der Waals surface area contributed by atoms with Crippen molar-refractivity contribution in [2.75, 3.05) is 13.1 Å². The van der Waals surface area contributed by atoms with Gasteiger partial charge >= 0.3 is 0 Å². The molecule has 0 radical (unpaired) electrons. The average molecular weight is 521 g/mol. The Balaban J connectivity index is 1.34. The third-order valence-electron chi connectivity index (χ3n) is 7.46. The summed E-state index contributed by atoms with van der Waals surface area (Å²) in [6.45, 7) is 1.10. The summed E-state index contributed by atoms with van der Waals surface area (Å²) in [6, 6.07) is 16.9. The minimum Gasteiger partial charge on any atom is -0.337 e. The standard InChI is InChI=1S/C29H33ClN4O3/c30-24-16-14-22(15-17-24)27-31-28(37-32-27)25-13-7-8-18-34(25)26(35)20-33(19-21-9-3-1-4-10-21)29(36)23-11-5-2-6-12-23/h1,3-4,9-10,14-17,23,25H,2,5-8,11-13,18-20H2/t25-/m0/s1. The number of nitrogens with zero attached hydrogens (tertiary/aromatic N) is 4. The highest BCUT2D eigenvalue weighted by atomic mass is 35.5. The highest BCUT2D eigenvalue weighted by Crippen LogP contribution is 2.32. The predicted octanol–water partition coefficient (Wildman–Crippen LogP) is 6.05. The van der Waals surface area contributed by atoms with Gasteiger partial charge in [-0.15, -0.1) is 0 Å². The molecule has 37 heavy (non-hydrogen) atoms. The molecule has 8 heteroatoms. The molecule has 7 nitrogen and oxygen atoms in total. The molecular weight excluding hydrogens is 488 g/mol. The predicted molar refractivity (Wildman–Crippen MR) is 141 cm³/mol. The summed E-state index contributed by atoms with van der Waals surface area (Å²) in [6.07, 6.45) is 7.77. The maximum atomic E-state index is 13.7. The van der Waals surface area contributed by atoms with E-state index in [1.54, 1.807) is 17.0 Å². The molecule has 5 rings (SSSR count). The van der Waals surface area contributed by atoms with Crippen molar-refractivity contribution in [1.82, 2.24) is 19.9 Å². The lowest BCUT2D eigenvalue weighted by atomic mass is 9.88. The van der Waals surface area contributed by atoms with Crippen LogP contribution in [0.2, 0.25) is 5.02 Å². The van der Waals surface area contributed by atoms with Crippen molar-refractivity contribution in [2.45, 2.75) is 64.0 Å². The minimum absolute atomic E-state index is 0.000268. The number of carbonyl (C=O) groups excluding carboxylic acids is 2. The molecule has 3 aromatic rings. The third-order valence-corrected chi connectivity index (χ3v) is 7.71. The lowest BCUT2D eigenvalue weighted by Gasteiger charge is -2.36. The fourth-order valence-electron chi connectivity index (χ4n) is 5.45. The Hall–Kier alpha value is -3.19. The topological polar surface area (TPSA) is 79.5 Å². The maximum Gasteiger partial charge on any atom is 0.249 e. The quantitative estimate of drug-likeness (QED) is 0.378. The number of benzene rings is 2. The monoisotopic (exact) mass is 520 g/mol. The van der Waals surface area contributed by atoms with Crippen molar-refractivity contribution in [3.63, 3.8) is 0 Å². The third kappa shape index (κ3) is 6.21. The first-order valence-corrected chi connectivity index (χ1v) is 13.7. The van der Waals surface area contributed by atoms with Gasteiger partial charge in [-0.2, -0.15) is 4.98 Å². The van der Waals surface area contributed by atoms with E-state index in [0.717, 1.165) is 56.1 Å². The number of piperidine rings is 1. The first-order chi connectivity index (χ1) is 18.1.